The molecule has 3 N–H and O–H groups in total. The van der Waals surface area contributed by atoms with Crippen molar-refractivity contribution in [2.75, 3.05) is 6.54 Å². The van der Waals surface area contributed by atoms with Crippen molar-refractivity contribution in [1.82, 2.24) is 0 Å². The van der Waals surface area contributed by atoms with Gasteiger partial charge in [0.1, 0.15) is 0 Å². The van der Waals surface area contributed by atoms with E-state index in [1.807, 2.05) is 0 Å². The molecular weight excluding hydrogens is 174 g/mol. The average molecular weight is 199 g/mol. The molecule has 1 saturated carbocycles. The van der Waals surface area contributed by atoms with Gasteiger partial charge >= 0.3 is 0 Å². The summed E-state index contributed by atoms with van der Waals surface area (Å²) in [5.74, 6) is 0.565. The maximum absolute atomic E-state index is 10.2. The summed E-state index contributed by atoms with van der Waals surface area (Å²) in [6.45, 7) is 4.98. The predicted molar refractivity (Wildman–Crippen MR) is 60.0 cm³/mol. The van der Waals surface area contributed by atoms with Crippen molar-refractivity contribution in [3.63, 3.8) is 0 Å². The van der Waals surface area contributed by atoms with Crippen molar-refractivity contribution in [2.45, 2.75) is 58.5 Å². The van der Waals surface area contributed by atoms with E-state index in [0.29, 0.717) is 12.5 Å². The lowest BCUT2D eigenvalue weighted by Gasteiger charge is -2.41. The normalized spacial score (nSPS) is 23.8. The van der Waals surface area contributed by atoms with Gasteiger partial charge in [0.2, 0.25) is 0 Å². The van der Waals surface area contributed by atoms with Crippen molar-refractivity contribution in [3.05, 3.63) is 0 Å². The third-order valence-electron chi connectivity index (χ3n) is 3.66. The monoisotopic (exact) mass is 199 g/mol. The molecule has 14 heavy (non-hydrogen) atoms. The van der Waals surface area contributed by atoms with Crippen LogP contribution in [0.2, 0.25) is 0 Å². The van der Waals surface area contributed by atoms with E-state index in [0.717, 1.165) is 19.3 Å². The molecule has 0 spiro atoms. The molecule has 0 aromatic carbocycles. The fraction of sp³-hybridized carbons (Fsp3) is 1.00. The maximum Gasteiger partial charge on any atom is 0.0610 e. The van der Waals surface area contributed by atoms with Crippen LogP contribution >= 0.6 is 0 Å². The highest BCUT2D eigenvalue weighted by molar-refractivity contribution is 4.90. The van der Waals surface area contributed by atoms with E-state index < -0.39 is 0 Å². The summed E-state index contributed by atoms with van der Waals surface area (Å²) in [7, 11) is 0. The Morgan fingerprint density at radius 3 is 2.21 bits per heavy atom. The third kappa shape index (κ3) is 2.71. The van der Waals surface area contributed by atoms with Gasteiger partial charge in [-0.05, 0) is 25.2 Å². The number of aliphatic hydroxyl groups is 1. The predicted octanol–water partition coefficient (Wildman–Crippen LogP) is 2.30. The van der Waals surface area contributed by atoms with Crippen LogP contribution in [0, 0.1) is 11.3 Å². The topological polar surface area (TPSA) is 46.2 Å². The zero-order valence-electron chi connectivity index (χ0n) is 9.63. The first-order chi connectivity index (χ1) is 6.60. The summed E-state index contributed by atoms with van der Waals surface area (Å²) in [6, 6.07) is 0. The summed E-state index contributed by atoms with van der Waals surface area (Å²) >= 11 is 0. The van der Waals surface area contributed by atoms with Crippen LogP contribution in [0.15, 0.2) is 0 Å². The van der Waals surface area contributed by atoms with Crippen molar-refractivity contribution in [3.8, 4) is 0 Å². The van der Waals surface area contributed by atoms with Crippen LogP contribution in [0.4, 0.5) is 0 Å². The minimum absolute atomic E-state index is 0.0442. The van der Waals surface area contributed by atoms with E-state index >= 15 is 0 Å². The van der Waals surface area contributed by atoms with Crippen molar-refractivity contribution < 1.29 is 5.11 Å². The van der Waals surface area contributed by atoms with Crippen LogP contribution in [-0.2, 0) is 0 Å². The second kappa shape index (κ2) is 5.13. The Labute approximate surface area is 87.9 Å². The van der Waals surface area contributed by atoms with Crippen LogP contribution < -0.4 is 5.73 Å². The Kier molecular flexibility index (Phi) is 4.39. The standard InChI is InChI=1S/C12H25NO/c1-10(2)8-11(14)12(9-13)6-4-3-5-7-12/h10-11,14H,3-9,13H2,1-2H3. The van der Waals surface area contributed by atoms with Crippen LogP contribution in [0.25, 0.3) is 0 Å². The van der Waals surface area contributed by atoms with Crippen molar-refractivity contribution >= 4 is 0 Å². The highest BCUT2D eigenvalue weighted by Crippen LogP contribution is 2.40. The summed E-state index contributed by atoms with van der Waals surface area (Å²) in [4.78, 5) is 0. The Morgan fingerprint density at radius 1 is 1.21 bits per heavy atom. The first-order valence-corrected chi connectivity index (χ1v) is 5.99. The largest absolute Gasteiger partial charge is 0.392 e. The quantitative estimate of drug-likeness (QED) is 0.730. The molecule has 1 aliphatic carbocycles. The van der Waals surface area contributed by atoms with Gasteiger partial charge in [-0.15, -0.1) is 0 Å². The number of aliphatic hydroxyl groups excluding tert-OH is 1. The van der Waals surface area contributed by atoms with Gasteiger partial charge in [-0.1, -0.05) is 33.1 Å². The summed E-state index contributed by atoms with van der Waals surface area (Å²) in [6.07, 6.45) is 6.76. The smallest absolute Gasteiger partial charge is 0.0610 e. The Hall–Kier alpha value is -0.0800. The fourth-order valence-electron chi connectivity index (χ4n) is 2.63. The Balaban J connectivity index is 2.57. The Morgan fingerprint density at radius 2 is 1.79 bits per heavy atom. The fourth-order valence-corrected chi connectivity index (χ4v) is 2.63. The molecule has 0 aliphatic heterocycles. The molecule has 0 aromatic rings. The first-order valence-electron chi connectivity index (χ1n) is 5.99. The number of rotatable bonds is 4. The van der Waals surface area contributed by atoms with Crippen molar-refractivity contribution in [1.29, 1.82) is 0 Å². The van der Waals surface area contributed by atoms with Crippen molar-refractivity contribution in [2.24, 2.45) is 17.1 Å². The molecule has 0 saturated heterocycles. The molecule has 1 unspecified atom stereocenters. The zero-order chi connectivity index (χ0) is 10.6. The lowest BCUT2D eigenvalue weighted by Crippen LogP contribution is -2.43. The molecule has 2 nitrogen and oxygen atoms in total. The summed E-state index contributed by atoms with van der Waals surface area (Å²) in [5, 5.41) is 10.2. The first kappa shape index (κ1) is 12.0. The average Bonchev–Trinajstić information content (AvgIpc) is 2.18. The van der Waals surface area contributed by atoms with Gasteiger partial charge < -0.3 is 10.8 Å². The molecule has 0 radical (unpaired) electrons. The number of hydrogen-bond donors (Lipinski definition) is 2. The van der Waals surface area contributed by atoms with Crippen LogP contribution in [0.5, 0.6) is 0 Å². The van der Waals surface area contributed by atoms with Gasteiger partial charge in [0.25, 0.3) is 0 Å². The van der Waals surface area contributed by atoms with E-state index in [2.05, 4.69) is 13.8 Å². The molecule has 0 heterocycles. The lowest BCUT2D eigenvalue weighted by atomic mass is 9.68. The minimum Gasteiger partial charge on any atom is -0.392 e. The molecule has 1 rings (SSSR count). The summed E-state index contributed by atoms with van der Waals surface area (Å²) in [5.41, 5.74) is 5.90. The van der Waals surface area contributed by atoms with E-state index in [1.165, 1.54) is 19.3 Å². The number of hydrogen-bond acceptors (Lipinski definition) is 2. The Bertz CT molecular complexity index is 162. The molecule has 0 bridgehead atoms. The minimum atomic E-state index is -0.187. The third-order valence-corrected chi connectivity index (χ3v) is 3.66. The maximum atomic E-state index is 10.2. The van der Waals surface area contributed by atoms with E-state index in [-0.39, 0.29) is 11.5 Å². The summed E-state index contributed by atoms with van der Waals surface area (Å²) < 4.78 is 0. The molecule has 1 fully saturated rings. The highest BCUT2D eigenvalue weighted by atomic mass is 16.3. The van der Waals surface area contributed by atoms with Gasteiger partial charge in [0, 0.05) is 12.0 Å². The second-order valence-corrected chi connectivity index (χ2v) is 5.27. The molecule has 0 aromatic heterocycles. The van der Waals surface area contributed by atoms with Crippen LogP contribution in [0.1, 0.15) is 52.4 Å². The van der Waals surface area contributed by atoms with Gasteiger partial charge in [-0.2, -0.15) is 0 Å². The molecule has 0 amide bonds. The second-order valence-electron chi connectivity index (χ2n) is 5.27. The molecule has 84 valence electrons. The molecular formula is C12H25NO. The van der Waals surface area contributed by atoms with Gasteiger partial charge in [0.15, 0.2) is 0 Å². The number of nitrogens with two attached hydrogens (primary N) is 1. The van der Waals surface area contributed by atoms with E-state index in [4.69, 9.17) is 5.73 Å². The van der Waals surface area contributed by atoms with Gasteiger partial charge in [0.05, 0.1) is 6.10 Å². The molecule has 1 atom stereocenters. The highest BCUT2D eigenvalue weighted by Gasteiger charge is 2.37. The van der Waals surface area contributed by atoms with Gasteiger partial charge in [-0.25, -0.2) is 0 Å². The van der Waals surface area contributed by atoms with E-state index in [1.54, 1.807) is 0 Å². The SMILES string of the molecule is CC(C)CC(O)C1(CN)CCCCC1. The van der Waals surface area contributed by atoms with Crippen LogP contribution in [0.3, 0.4) is 0 Å². The van der Waals surface area contributed by atoms with Crippen LogP contribution in [-0.4, -0.2) is 17.8 Å². The van der Waals surface area contributed by atoms with E-state index in [9.17, 15) is 5.11 Å². The zero-order valence-corrected chi connectivity index (χ0v) is 9.63. The van der Waals surface area contributed by atoms with Gasteiger partial charge in [-0.3, -0.25) is 0 Å². The lowest BCUT2D eigenvalue weighted by molar-refractivity contribution is -0.0102. The molecule has 1 aliphatic rings. The molecule has 2 heteroatoms.